The minimum absolute atomic E-state index is 0.0682. The monoisotopic (exact) mass is 255 g/mol. The molecular weight excluding hydrogens is 234 g/mol. The molecule has 1 aliphatic carbocycles. The molecule has 2 fully saturated rings. The van der Waals surface area contributed by atoms with Crippen LogP contribution in [-0.4, -0.2) is 48.2 Å². The number of carboxylic acids is 1. The van der Waals surface area contributed by atoms with Gasteiger partial charge in [-0.2, -0.15) is 0 Å². The molecule has 5 nitrogen and oxygen atoms in total. The summed E-state index contributed by atoms with van der Waals surface area (Å²) in [5, 5.41) is 9.23. The summed E-state index contributed by atoms with van der Waals surface area (Å²) in [6.45, 7) is 1.25. The molecule has 2 rings (SSSR count). The second-order valence-electron chi connectivity index (χ2n) is 5.42. The van der Waals surface area contributed by atoms with E-state index in [1.54, 1.807) is 11.9 Å². The maximum Gasteiger partial charge on any atom is 0.319 e. The summed E-state index contributed by atoms with van der Waals surface area (Å²) >= 11 is 0. The topological polar surface area (TPSA) is 66.8 Å². The van der Waals surface area contributed by atoms with Crippen molar-refractivity contribution in [3.05, 3.63) is 0 Å². The van der Waals surface area contributed by atoms with Crippen molar-refractivity contribution in [2.24, 2.45) is 5.41 Å². The van der Waals surface area contributed by atoms with Crippen LogP contribution in [0.3, 0.4) is 0 Å². The highest BCUT2D eigenvalue weighted by Crippen LogP contribution is 2.42. The van der Waals surface area contributed by atoms with Gasteiger partial charge in [-0.1, -0.05) is 6.42 Å². The lowest BCUT2D eigenvalue weighted by atomic mass is 9.68. The van der Waals surface area contributed by atoms with E-state index in [1.165, 1.54) is 0 Å². The molecule has 1 atom stereocenters. The van der Waals surface area contributed by atoms with Crippen molar-refractivity contribution in [3.63, 3.8) is 0 Å². The summed E-state index contributed by atoms with van der Waals surface area (Å²) in [6, 6.07) is 0. The van der Waals surface area contributed by atoms with Crippen molar-refractivity contribution in [2.75, 3.05) is 20.2 Å². The van der Waals surface area contributed by atoms with E-state index in [0.29, 0.717) is 19.4 Å². The minimum Gasteiger partial charge on any atom is -0.480 e. The molecule has 1 saturated heterocycles. The van der Waals surface area contributed by atoms with Crippen LogP contribution >= 0.6 is 0 Å². The summed E-state index contributed by atoms with van der Waals surface area (Å²) in [5.41, 5.74) is -1.15. The average Bonchev–Trinajstić information content (AvgIpc) is 2.28. The lowest BCUT2D eigenvalue weighted by molar-refractivity contribution is -0.167. The average molecular weight is 255 g/mol. The Bertz CT molecular complexity index is 332. The molecule has 102 valence electrons. The number of hydrogen-bond donors (Lipinski definition) is 1. The Balaban J connectivity index is 1.93. The molecule has 1 aliphatic heterocycles. The van der Waals surface area contributed by atoms with Crippen LogP contribution in [0, 0.1) is 5.41 Å². The van der Waals surface area contributed by atoms with E-state index in [0.717, 1.165) is 32.3 Å². The maximum atomic E-state index is 12.3. The Morgan fingerprint density at radius 3 is 2.50 bits per heavy atom. The van der Waals surface area contributed by atoms with Gasteiger partial charge in [0.05, 0.1) is 6.10 Å². The van der Waals surface area contributed by atoms with Crippen LogP contribution in [-0.2, 0) is 14.3 Å². The number of amides is 1. The highest BCUT2D eigenvalue weighted by molar-refractivity contribution is 6.02. The van der Waals surface area contributed by atoms with Gasteiger partial charge in [-0.3, -0.25) is 9.59 Å². The highest BCUT2D eigenvalue weighted by atomic mass is 16.5. The van der Waals surface area contributed by atoms with Crippen LogP contribution in [0.1, 0.15) is 38.5 Å². The number of carboxylic acid groups (broad SMARTS) is 1. The molecule has 0 bridgehead atoms. The zero-order valence-corrected chi connectivity index (χ0v) is 10.9. The Kier molecular flexibility index (Phi) is 3.90. The molecule has 18 heavy (non-hydrogen) atoms. The van der Waals surface area contributed by atoms with Gasteiger partial charge in [0.15, 0.2) is 0 Å². The van der Waals surface area contributed by atoms with Gasteiger partial charge in [0.1, 0.15) is 5.41 Å². The van der Waals surface area contributed by atoms with Crippen LogP contribution in [0.5, 0.6) is 0 Å². The third-order valence-corrected chi connectivity index (χ3v) is 4.12. The van der Waals surface area contributed by atoms with E-state index in [1.807, 2.05) is 0 Å². The number of likely N-dealkylation sites (N-methyl/N-ethyl adjacent to an activating group) is 1. The first-order valence-corrected chi connectivity index (χ1v) is 6.67. The van der Waals surface area contributed by atoms with Gasteiger partial charge < -0.3 is 14.7 Å². The lowest BCUT2D eigenvalue weighted by Crippen LogP contribution is -2.53. The number of carbonyl (C=O) groups is 2. The van der Waals surface area contributed by atoms with Crippen molar-refractivity contribution in [1.29, 1.82) is 0 Å². The first-order valence-electron chi connectivity index (χ1n) is 6.67. The number of nitrogens with zero attached hydrogens (tertiary/aromatic N) is 1. The van der Waals surface area contributed by atoms with Gasteiger partial charge in [-0.15, -0.1) is 0 Å². The number of ether oxygens (including phenoxy) is 1. The Labute approximate surface area is 107 Å². The second kappa shape index (κ2) is 5.26. The highest BCUT2D eigenvalue weighted by Gasteiger charge is 2.52. The van der Waals surface area contributed by atoms with Crippen LogP contribution in [0.25, 0.3) is 0 Å². The zero-order chi connectivity index (χ0) is 13.2. The van der Waals surface area contributed by atoms with E-state index < -0.39 is 11.4 Å². The fourth-order valence-corrected chi connectivity index (χ4v) is 2.75. The minimum atomic E-state index is -1.15. The van der Waals surface area contributed by atoms with Gasteiger partial charge in [0.25, 0.3) is 0 Å². The van der Waals surface area contributed by atoms with E-state index in [9.17, 15) is 14.7 Å². The Morgan fingerprint density at radius 1 is 1.33 bits per heavy atom. The largest absolute Gasteiger partial charge is 0.480 e. The van der Waals surface area contributed by atoms with Crippen molar-refractivity contribution in [3.8, 4) is 0 Å². The molecule has 1 unspecified atom stereocenters. The predicted molar refractivity (Wildman–Crippen MR) is 65.1 cm³/mol. The maximum absolute atomic E-state index is 12.3. The van der Waals surface area contributed by atoms with Crippen molar-refractivity contribution in [1.82, 2.24) is 4.90 Å². The summed E-state index contributed by atoms with van der Waals surface area (Å²) in [5.74, 6) is -1.23. The van der Waals surface area contributed by atoms with Crippen molar-refractivity contribution >= 4 is 11.9 Å². The van der Waals surface area contributed by atoms with Crippen LogP contribution in [0.15, 0.2) is 0 Å². The Morgan fingerprint density at radius 2 is 2.06 bits per heavy atom. The number of hydrogen-bond acceptors (Lipinski definition) is 3. The van der Waals surface area contributed by atoms with Crippen LogP contribution in [0.2, 0.25) is 0 Å². The number of carbonyl (C=O) groups excluding carboxylic acids is 1. The fraction of sp³-hybridized carbons (Fsp3) is 0.846. The molecule has 5 heteroatoms. The molecule has 0 spiro atoms. The Hall–Kier alpha value is -1.10. The number of aliphatic carboxylic acids is 1. The molecule has 0 radical (unpaired) electrons. The molecule has 1 amide bonds. The summed E-state index contributed by atoms with van der Waals surface area (Å²) in [4.78, 5) is 25.1. The first-order chi connectivity index (χ1) is 8.56. The summed E-state index contributed by atoms with van der Waals surface area (Å²) in [6.07, 6.45) is 4.99. The first kappa shape index (κ1) is 13.3. The molecule has 1 heterocycles. The third-order valence-electron chi connectivity index (χ3n) is 4.12. The zero-order valence-electron chi connectivity index (χ0n) is 10.9. The molecule has 1 saturated carbocycles. The quantitative estimate of drug-likeness (QED) is 0.768. The van der Waals surface area contributed by atoms with Gasteiger partial charge in [0, 0.05) is 20.2 Å². The lowest BCUT2D eigenvalue weighted by Gasteiger charge is -2.39. The SMILES string of the molecule is CN(CC1CCCCO1)C(=O)C1(C(=O)O)CCC1. The normalized spacial score (nSPS) is 26.2. The standard InChI is InChI=1S/C13H21NO4/c1-14(9-10-5-2-3-8-18-10)11(15)13(12(16)17)6-4-7-13/h10H,2-9H2,1H3,(H,16,17). The molecule has 1 N–H and O–H groups in total. The molecule has 0 aromatic heterocycles. The molecule has 2 aliphatic rings. The summed E-state index contributed by atoms with van der Waals surface area (Å²) in [7, 11) is 1.68. The van der Waals surface area contributed by atoms with E-state index in [2.05, 4.69) is 0 Å². The van der Waals surface area contributed by atoms with Gasteiger partial charge >= 0.3 is 5.97 Å². The van der Waals surface area contributed by atoms with E-state index in [4.69, 9.17) is 4.74 Å². The molecular formula is C13H21NO4. The van der Waals surface area contributed by atoms with Gasteiger partial charge in [-0.05, 0) is 32.1 Å². The fourth-order valence-electron chi connectivity index (χ4n) is 2.75. The molecule has 0 aromatic carbocycles. The second-order valence-corrected chi connectivity index (χ2v) is 5.42. The van der Waals surface area contributed by atoms with E-state index >= 15 is 0 Å². The van der Waals surface area contributed by atoms with Crippen molar-refractivity contribution < 1.29 is 19.4 Å². The van der Waals surface area contributed by atoms with Gasteiger partial charge in [0.2, 0.25) is 5.91 Å². The smallest absolute Gasteiger partial charge is 0.319 e. The van der Waals surface area contributed by atoms with E-state index in [-0.39, 0.29) is 12.0 Å². The predicted octanol–water partition coefficient (Wildman–Crippen LogP) is 1.27. The van der Waals surface area contributed by atoms with Crippen LogP contribution in [0.4, 0.5) is 0 Å². The third kappa shape index (κ3) is 2.36. The van der Waals surface area contributed by atoms with Gasteiger partial charge in [-0.25, -0.2) is 0 Å². The summed E-state index contributed by atoms with van der Waals surface area (Å²) < 4.78 is 5.58. The van der Waals surface area contributed by atoms with Crippen molar-refractivity contribution in [2.45, 2.75) is 44.6 Å². The van der Waals surface area contributed by atoms with Crippen LogP contribution < -0.4 is 0 Å². The molecule has 0 aromatic rings. The number of rotatable bonds is 4.